The van der Waals surface area contributed by atoms with E-state index in [1.807, 2.05) is 0 Å². The second-order valence-electron chi connectivity index (χ2n) is 34.6. The van der Waals surface area contributed by atoms with E-state index in [4.69, 9.17) is 37.9 Å². The molecule has 0 aliphatic heterocycles. The molecule has 0 N–H and O–H groups in total. The monoisotopic (exact) mass is 1340 g/mol. The third-order valence-electron chi connectivity index (χ3n) is 17.1. The minimum Gasteiger partial charge on any atom is -0.489 e. The van der Waals surface area contributed by atoms with Crippen molar-refractivity contribution in [3.8, 4) is 23.0 Å². The van der Waals surface area contributed by atoms with Gasteiger partial charge >= 0.3 is 23.9 Å². The maximum Gasteiger partial charge on any atom is 0.306 e. The van der Waals surface area contributed by atoms with Crippen LogP contribution in [0, 0.1) is 5.41 Å². The average molecular weight is 1340 g/mol. The van der Waals surface area contributed by atoms with Crippen LogP contribution < -0.4 is 18.9 Å². The molecule has 0 spiro atoms. The summed E-state index contributed by atoms with van der Waals surface area (Å²) in [6.45, 7) is 66.5. The van der Waals surface area contributed by atoms with Crippen molar-refractivity contribution < 1.29 is 57.1 Å². The van der Waals surface area contributed by atoms with Crippen molar-refractivity contribution in [2.45, 2.75) is 261 Å². The Hall–Kier alpha value is -7.08. The fourth-order valence-electron chi connectivity index (χ4n) is 11.4. The van der Waals surface area contributed by atoms with Crippen LogP contribution in [0.4, 0.5) is 0 Å². The summed E-state index contributed by atoms with van der Waals surface area (Å²) in [4.78, 5) is 57.8. The van der Waals surface area contributed by atoms with E-state index in [0.29, 0.717) is 52.1 Å². The molecule has 0 radical (unpaired) electrons. The zero-order chi connectivity index (χ0) is 73.5. The number of hydrogen-bond donors (Lipinski definition) is 0. The predicted molar refractivity (Wildman–Crippen MR) is 398 cm³/mol. The molecule has 0 atom stereocenters. The van der Waals surface area contributed by atoms with Gasteiger partial charge in [-0.3, -0.25) is 19.2 Å². The van der Waals surface area contributed by atoms with Gasteiger partial charge in [-0.15, -0.1) is 0 Å². The lowest BCUT2D eigenvalue weighted by Crippen LogP contribution is -2.44. The number of carbonyl (C=O) groups excluding carboxylic acids is 4. The van der Waals surface area contributed by atoms with Crippen LogP contribution in [0.2, 0.25) is 0 Å². The average Bonchev–Trinajstić information content (AvgIpc) is 0.801. The van der Waals surface area contributed by atoms with Crippen molar-refractivity contribution in [2.75, 3.05) is 52.9 Å². The first-order valence-corrected chi connectivity index (χ1v) is 34.9. The fraction of sp³-hybridized carbons (Fsp3) is 0.576. The van der Waals surface area contributed by atoms with Gasteiger partial charge in [-0.05, 0) is 91.3 Å². The van der Waals surface area contributed by atoms with Crippen LogP contribution in [-0.4, -0.2) is 76.7 Å². The van der Waals surface area contributed by atoms with Gasteiger partial charge in [0, 0.05) is 70.2 Å². The Labute approximate surface area is 586 Å². The first-order valence-electron chi connectivity index (χ1n) is 34.9. The standard InChI is InChI=1S/C85H124O12/c1-29-41-90-73-61(77(5,6)7)45-57(46-62(73)78(8,9)10)33-37-69(86)94-53-85(54-95-70(87)38-34-58-47-63(79(11,12)13)74(91-42-30-2)64(48-58)80(14,15)16,55-96-71(88)39-35-59-49-65(81(17,18)19)75(92-43-31-3)66(50-59)82(20,21)22)56-97-72(89)40-36-60-51-67(83(23,24)25)76(93-44-32-4)68(52-60)84(26,27)28/h29-32,45-52H,1-4,33-44,53-56H2,5-28H3. The summed E-state index contributed by atoms with van der Waals surface area (Å²) in [5.74, 6) is 1.03. The number of rotatable bonds is 32. The topological polar surface area (TPSA) is 142 Å². The van der Waals surface area contributed by atoms with E-state index in [-0.39, 0.29) is 69.0 Å². The van der Waals surface area contributed by atoms with Crippen molar-refractivity contribution in [1.82, 2.24) is 0 Å². The van der Waals surface area contributed by atoms with E-state index in [1.54, 1.807) is 24.3 Å². The normalized spacial score (nSPS) is 12.7. The second-order valence-corrected chi connectivity index (χ2v) is 34.6. The fourth-order valence-corrected chi connectivity index (χ4v) is 11.4. The Kier molecular flexibility index (Phi) is 28.6. The summed E-state index contributed by atoms with van der Waals surface area (Å²) >= 11 is 0. The molecule has 0 fully saturated rings. The number of carbonyl (C=O) groups is 4. The van der Waals surface area contributed by atoms with Crippen molar-refractivity contribution in [2.24, 2.45) is 5.41 Å². The summed E-state index contributed by atoms with van der Waals surface area (Å²) in [6, 6.07) is 16.8. The van der Waals surface area contributed by atoms with Crippen LogP contribution in [0.1, 0.15) is 259 Å². The third-order valence-corrected chi connectivity index (χ3v) is 17.1. The Bertz CT molecular complexity index is 2800. The zero-order valence-corrected chi connectivity index (χ0v) is 64.5. The third kappa shape index (κ3) is 24.7. The molecular weight excluding hydrogens is 1210 g/mol. The summed E-state index contributed by atoms with van der Waals surface area (Å²) in [5.41, 5.74) is 7.74. The maximum atomic E-state index is 14.4. The summed E-state index contributed by atoms with van der Waals surface area (Å²) in [7, 11) is 0. The molecule has 4 aromatic carbocycles. The van der Waals surface area contributed by atoms with Crippen LogP contribution in [0.15, 0.2) is 99.2 Å². The molecule has 0 bridgehead atoms. The van der Waals surface area contributed by atoms with E-state index in [0.717, 1.165) is 89.8 Å². The van der Waals surface area contributed by atoms with E-state index in [2.05, 4.69) is 241 Å². The molecule has 0 aliphatic carbocycles. The molecule has 0 saturated carbocycles. The molecular formula is C85H124O12. The van der Waals surface area contributed by atoms with E-state index < -0.39 is 55.7 Å². The van der Waals surface area contributed by atoms with Crippen molar-refractivity contribution in [3.05, 3.63) is 166 Å². The summed E-state index contributed by atoms with van der Waals surface area (Å²) in [6.07, 6.45) is 8.19. The van der Waals surface area contributed by atoms with Gasteiger partial charge in [0.25, 0.3) is 0 Å². The largest absolute Gasteiger partial charge is 0.489 e. The molecule has 0 aromatic heterocycles. The molecule has 4 aromatic rings. The molecule has 12 nitrogen and oxygen atoms in total. The maximum absolute atomic E-state index is 14.4. The van der Waals surface area contributed by atoms with Gasteiger partial charge in [-0.2, -0.15) is 0 Å². The molecule has 4 rings (SSSR count). The number of hydrogen-bond acceptors (Lipinski definition) is 12. The van der Waals surface area contributed by atoms with Crippen molar-refractivity contribution in [3.63, 3.8) is 0 Å². The lowest BCUT2D eigenvalue weighted by Gasteiger charge is -2.32. The smallest absolute Gasteiger partial charge is 0.306 e. The second kappa shape index (κ2) is 33.7. The quantitative estimate of drug-likeness (QED) is 0.0261. The number of esters is 4. The van der Waals surface area contributed by atoms with Gasteiger partial charge in [0.2, 0.25) is 0 Å². The minimum absolute atomic E-state index is 0.0188. The first kappa shape index (κ1) is 82.3. The number of benzene rings is 4. The number of aryl methyl sites for hydroxylation is 4. The molecule has 0 heterocycles. The predicted octanol–water partition coefficient (Wildman–Crippen LogP) is 19.3. The van der Waals surface area contributed by atoms with Gasteiger partial charge in [-0.25, -0.2) is 0 Å². The molecule has 0 saturated heterocycles. The minimum atomic E-state index is -1.56. The lowest BCUT2D eigenvalue weighted by molar-refractivity contribution is -0.170. The zero-order valence-electron chi connectivity index (χ0n) is 64.5. The van der Waals surface area contributed by atoms with Gasteiger partial charge in [0.05, 0.1) is 0 Å². The highest BCUT2D eigenvalue weighted by molar-refractivity contribution is 5.72. The van der Waals surface area contributed by atoms with E-state index >= 15 is 0 Å². The SMILES string of the molecule is C=CCOc1c(C(C)(C)C)cc(CCC(=O)OCC(COC(=O)CCc2cc(C(C)(C)C)c(OCC=C)c(C(C)(C)C)c2)(COC(=O)CCc2cc(C(C)(C)C)c(OCC=C)c(C(C)(C)C)c2)COC(=O)CCc2cc(C(C)(C)C)c(OCC=C)c(C(C)(C)C)c2)cc1C(C)(C)C. The summed E-state index contributed by atoms with van der Waals surface area (Å²) in [5, 5.41) is 0. The van der Waals surface area contributed by atoms with E-state index in [1.165, 1.54) is 0 Å². The van der Waals surface area contributed by atoms with Crippen LogP contribution >= 0.6 is 0 Å². The van der Waals surface area contributed by atoms with Crippen molar-refractivity contribution in [1.29, 1.82) is 0 Å². The summed E-state index contributed by atoms with van der Waals surface area (Å²) < 4.78 is 50.6. The molecule has 12 heteroatoms. The molecule has 0 amide bonds. The van der Waals surface area contributed by atoms with Crippen LogP contribution in [0.25, 0.3) is 0 Å². The first-order chi connectivity index (χ1) is 44.6. The Morgan fingerprint density at radius 3 is 0.546 bits per heavy atom. The van der Waals surface area contributed by atoms with Gasteiger partial charge in [0.1, 0.15) is 81.3 Å². The Morgan fingerprint density at radius 2 is 0.423 bits per heavy atom. The highest BCUT2D eigenvalue weighted by Gasteiger charge is 2.39. The van der Waals surface area contributed by atoms with Gasteiger partial charge in [0.15, 0.2) is 0 Å². The van der Waals surface area contributed by atoms with E-state index in [9.17, 15) is 19.2 Å². The van der Waals surface area contributed by atoms with Crippen LogP contribution in [0.3, 0.4) is 0 Å². The molecule has 97 heavy (non-hydrogen) atoms. The van der Waals surface area contributed by atoms with Crippen LogP contribution in [-0.2, 0) is 107 Å². The molecule has 0 unspecified atom stereocenters. The molecule has 0 aliphatic rings. The lowest BCUT2D eigenvalue weighted by atomic mass is 9.78. The van der Waals surface area contributed by atoms with Crippen molar-refractivity contribution >= 4 is 23.9 Å². The van der Waals surface area contributed by atoms with Crippen LogP contribution in [0.5, 0.6) is 23.0 Å². The van der Waals surface area contributed by atoms with Gasteiger partial charge in [-0.1, -0.05) is 265 Å². The number of ether oxygens (including phenoxy) is 8. The molecule has 536 valence electrons. The Morgan fingerprint density at radius 1 is 0.278 bits per heavy atom. The highest BCUT2D eigenvalue weighted by Crippen LogP contribution is 2.46. The highest BCUT2D eigenvalue weighted by atomic mass is 16.6. The Balaban J connectivity index is 1.85. The van der Waals surface area contributed by atoms with Gasteiger partial charge < -0.3 is 37.9 Å².